The molecule has 0 aliphatic heterocycles. The van der Waals surface area contributed by atoms with Crippen LogP contribution >= 0.6 is 15.9 Å². The minimum absolute atomic E-state index is 0.0303. The molecule has 0 spiro atoms. The van der Waals surface area contributed by atoms with Crippen molar-refractivity contribution in [2.24, 2.45) is 0 Å². The Bertz CT molecular complexity index is 618. The van der Waals surface area contributed by atoms with E-state index in [1.54, 1.807) is 6.08 Å². The fourth-order valence-corrected chi connectivity index (χ4v) is 2.02. The van der Waals surface area contributed by atoms with Gasteiger partial charge in [-0.05, 0) is 34.9 Å². The number of amides is 1. The molecule has 2 N–H and O–H groups in total. The van der Waals surface area contributed by atoms with Crippen LogP contribution in [-0.4, -0.2) is 11.0 Å². The summed E-state index contributed by atoms with van der Waals surface area (Å²) in [5.74, 6) is -0.135. The van der Waals surface area contributed by atoms with Crippen LogP contribution in [0.2, 0.25) is 0 Å². The fraction of sp³-hybridized carbons (Fsp3) is 0.118. The topological polar surface area (TPSA) is 49.3 Å². The molecule has 0 saturated heterocycles. The number of hydrogen-bond acceptors (Lipinski definition) is 2. The van der Waals surface area contributed by atoms with Crippen LogP contribution in [0.5, 0.6) is 0 Å². The van der Waals surface area contributed by atoms with Crippen molar-refractivity contribution in [2.75, 3.05) is 0 Å². The highest BCUT2D eigenvalue weighted by molar-refractivity contribution is 9.10. The summed E-state index contributed by atoms with van der Waals surface area (Å²) in [5.41, 5.74) is 2.83. The minimum atomic E-state index is -0.135. The lowest BCUT2D eigenvalue weighted by molar-refractivity contribution is -0.116. The molecule has 108 valence electrons. The van der Waals surface area contributed by atoms with Crippen molar-refractivity contribution in [3.63, 3.8) is 0 Å². The highest BCUT2D eigenvalue weighted by atomic mass is 79.9. The summed E-state index contributed by atoms with van der Waals surface area (Å²) in [4.78, 5) is 11.7. The van der Waals surface area contributed by atoms with Gasteiger partial charge >= 0.3 is 0 Å². The van der Waals surface area contributed by atoms with E-state index in [0.717, 1.165) is 21.2 Å². The SMILES string of the molecule is O=C(/C=C/c1ccc(Br)cc1)NCc1ccc(CO)cc1. The van der Waals surface area contributed by atoms with Gasteiger partial charge in [-0.1, -0.05) is 52.3 Å². The largest absolute Gasteiger partial charge is 0.392 e. The van der Waals surface area contributed by atoms with E-state index in [2.05, 4.69) is 21.2 Å². The smallest absolute Gasteiger partial charge is 0.244 e. The van der Waals surface area contributed by atoms with E-state index in [1.807, 2.05) is 48.5 Å². The van der Waals surface area contributed by atoms with Gasteiger partial charge in [-0.25, -0.2) is 0 Å². The van der Waals surface area contributed by atoms with Gasteiger partial charge in [0.1, 0.15) is 0 Å². The number of aliphatic hydroxyl groups excluding tert-OH is 1. The summed E-state index contributed by atoms with van der Waals surface area (Å²) in [7, 11) is 0. The van der Waals surface area contributed by atoms with Crippen LogP contribution in [-0.2, 0) is 17.9 Å². The fourth-order valence-electron chi connectivity index (χ4n) is 1.76. The second kappa shape index (κ2) is 7.76. The maximum Gasteiger partial charge on any atom is 0.244 e. The van der Waals surface area contributed by atoms with Crippen molar-refractivity contribution < 1.29 is 9.90 Å². The minimum Gasteiger partial charge on any atom is -0.392 e. The molecular formula is C17H16BrNO2. The van der Waals surface area contributed by atoms with E-state index < -0.39 is 0 Å². The molecule has 0 unspecified atom stereocenters. The lowest BCUT2D eigenvalue weighted by Gasteiger charge is -2.03. The molecule has 0 aromatic heterocycles. The zero-order valence-electron chi connectivity index (χ0n) is 11.4. The number of halogens is 1. The Morgan fingerprint density at radius 2 is 1.67 bits per heavy atom. The number of nitrogens with one attached hydrogen (secondary N) is 1. The van der Waals surface area contributed by atoms with Gasteiger partial charge in [0.05, 0.1) is 6.61 Å². The first kappa shape index (κ1) is 15.5. The molecule has 0 atom stereocenters. The molecule has 1 amide bonds. The van der Waals surface area contributed by atoms with Crippen molar-refractivity contribution in [3.05, 3.63) is 75.8 Å². The average Bonchev–Trinajstić information content (AvgIpc) is 2.53. The third-order valence-electron chi connectivity index (χ3n) is 2.97. The maximum absolute atomic E-state index is 11.7. The number of hydrogen-bond donors (Lipinski definition) is 2. The number of carbonyl (C=O) groups excluding carboxylic acids is 1. The second-order valence-electron chi connectivity index (χ2n) is 4.58. The van der Waals surface area contributed by atoms with Crippen molar-refractivity contribution in [2.45, 2.75) is 13.2 Å². The molecule has 0 fully saturated rings. The maximum atomic E-state index is 11.7. The van der Waals surface area contributed by atoms with Crippen molar-refractivity contribution in [1.29, 1.82) is 0 Å². The van der Waals surface area contributed by atoms with Crippen LogP contribution in [0.15, 0.2) is 59.1 Å². The lowest BCUT2D eigenvalue weighted by atomic mass is 10.1. The molecule has 2 aromatic carbocycles. The van der Waals surface area contributed by atoms with E-state index >= 15 is 0 Å². The van der Waals surface area contributed by atoms with Gasteiger partial charge < -0.3 is 10.4 Å². The molecule has 0 heterocycles. The van der Waals surface area contributed by atoms with Gasteiger partial charge in [0.25, 0.3) is 0 Å². The molecule has 3 nitrogen and oxygen atoms in total. The monoisotopic (exact) mass is 345 g/mol. The predicted molar refractivity (Wildman–Crippen MR) is 87.4 cm³/mol. The summed E-state index contributed by atoms with van der Waals surface area (Å²) >= 11 is 3.37. The molecule has 2 rings (SSSR count). The van der Waals surface area contributed by atoms with Gasteiger partial charge in [0, 0.05) is 17.1 Å². The van der Waals surface area contributed by atoms with Gasteiger partial charge in [-0.3, -0.25) is 4.79 Å². The first-order valence-corrected chi connectivity index (χ1v) is 7.37. The summed E-state index contributed by atoms with van der Waals surface area (Å²) in [6, 6.07) is 15.2. The molecule has 0 aliphatic rings. The third kappa shape index (κ3) is 5.17. The van der Waals surface area contributed by atoms with E-state index in [9.17, 15) is 4.79 Å². The summed E-state index contributed by atoms with van der Waals surface area (Å²) < 4.78 is 1.01. The van der Waals surface area contributed by atoms with Gasteiger partial charge in [0.2, 0.25) is 5.91 Å². The van der Waals surface area contributed by atoms with Crippen LogP contribution < -0.4 is 5.32 Å². The van der Waals surface area contributed by atoms with Crippen LogP contribution in [0, 0.1) is 0 Å². The summed E-state index contributed by atoms with van der Waals surface area (Å²) in [5, 5.41) is 11.8. The first-order chi connectivity index (χ1) is 10.2. The number of aliphatic hydroxyl groups is 1. The number of rotatable bonds is 5. The molecule has 4 heteroatoms. The van der Waals surface area contributed by atoms with Crippen LogP contribution in [0.1, 0.15) is 16.7 Å². The average molecular weight is 346 g/mol. The predicted octanol–water partition coefficient (Wildman–Crippen LogP) is 3.27. The molecule has 0 saturated carbocycles. The van der Waals surface area contributed by atoms with E-state index in [1.165, 1.54) is 6.08 Å². The number of benzene rings is 2. The number of carbonyl (C=O) groups is 1. The zero-order valence-corrected chi connectivity index (χ0v) is 13.0. The van der Waals surface area contributed by atoms with Gasteiger partial charge in [0.15, 0.2) is 0 Å². The van der Waals surface area contributed by atoms with Crippen molar-refractivity contribution in [1.82, 2.24) is 5.32 Å². The zero-order chi connectivity index (χ0) is 15.1. The van der Waals surface area contributed by atoms with Crippen molar-refractivity contribution >= 4 is 27.9 Å². The second-order valence-corrected chi connectivity index (χ2v) is 5.49. The van der Waals surface area contributed by atoms with Gasteiger partial charge in [-0.15, -0.1) is 0 Å². The lowest BCUT2D eigenvalue weighted by Crippen LogP contribution is -2.20. The Balaban J connectivity index is 1.85. The molecule has 0 radical (unpaired) electrons. The first-order valence-electron chi connectivity index (χ1n) is 6.57. The Morgan fingerprint density at radius 1 is 1.05 bits per heavy atom. The van der Waals surface area contributed by atoms with Crippen molar-refractivity contribution in [3.8, 4) is 0 Å². The third-order valence-corrected chi connectivity index (χ3v) is 3.50. The Morgan fingerprint density at radius 3 is 2.29 bits per heavy atom. The highest BCUT2D eigenvalue weighted by Crippen LogP contribution is 2.11. The summed E-state index contributed by atoms with van der Waals surface area (Å²) in [6.07, 6.45) is 3.29. The highest BCUT2D eigenvalue weighted by Gasteiger charge is 1.97. The molecular weight excluding hydrogens is 330 g/mol. The Hall–Kier alpha value is -1.91. The summed E-state index contributed by atoms with van der Waals surface area (Å²) in [6.45, 7) is 0.498. The van der Waals surface area contributed by atoms with E-state index in [-0.39, 0.29) is 12.5 Å². The Labute approximate surface area is 132 Å². The van der Waals surface area contributed by atoms with Crippen LogP contribution in [0.4, 0.5) is 0 Å². The van der Waals surface area contributed by atoms with Crippen LogP contribution in [0.25, 0.3) is 6.08 Å². The van der Waals surface area contributed by atoms with E-state index in [0.29, 0.717) is 6.54 Å². The molecule has 2 aromatic rings. The standard InChI is InChI=1S/C17H16BrNO2/c18-16-8-5-13(6-9-16)7-10-17(21)19-11-14-1-3-15(12-20)4-2-14/h1-10,20H,11-12H2,(H,19,21)/b10-7+. The molecule has 21 heavy (non-hydrogen) atoms. The van der Waals surface area contributed by atoms with E-state index in [4.69, 9.17) is 5.11 Å². The Kier molecular flexibility index (Phi) is 5.72. The van der Waals surface area contributed by atoms with Crippen LogP contribution in [0.3, 0.4) is 0 Å². The quantitative estimate of drug-likeness (QED) is 0.817. The van der Waals surface area contributed by atoms with Gasteiger partial charge in [-0.2, -0.15) is 0 Å². The normalized spacial score (nSPS) is 10.8. The molecule has 0 aliphatic carbocycles. The molecule has 0 bridgehead atoms.